The number of aryl methyl sites for hydroxylation is 2. The van der Waals surface area contributed by atoms with Gasteiger partial charge in [-0.15, -0.1) is 0 Å². The lowest BCUT2D eigenvalue weighted by atomic mass is 10.1. The molecule has 0 radical (unpaired) electrons. The first kappa shape index (κ1) is 25.1. The van der Waals surface area contributed by atoms with Crippen LogP contribution in [0.25, 0.3) is 0 Å². The Balaban J connectivity index is 1.55. The van der Waals surface area contributed by atoms with Crippen molar-refractivity contribution in [3.05, 3.63) is 83.4 Å². The highest BCUT2D eigenvalue weighted by Gasteiger charge is 2.14. The first-order valence-corrected chi connectivity index (χ1v) is 12.7. The number of rotatable bonds is 9. The molecule has 7 nitrogen and oxygen atoms in total. The molecule has 180 valence electrons. The molecular formula is C26H31N3O4S. The maximum Gasteiger partial charge on any atom is 0.411 e. The molecule has 0 unspecified atom stereocenters. The number of nitrogens with one attached hydrogen (secondary N) is 2. The summed E-state index contributed by atoms with van der Waals surface area (Å²) >= 11 is 0. The predicted molar refractivity (Wildman–Crippen MR) is 137 cm³/mol. The maximum absolute atomic E-state index is 12.5. The molecule has 3 rings (SSSR count). The van der Waals surface area contributed by atoms with E-state index in [2.05, 4.69) is 28.8 Å². The number of anilines is 3. The van der Waals surface area contributed by atoms with Gasteiger partial charge in [0.05, 0.1) is 4.90 Å². The van der Waals surface area contributed by atoms with Crippen molar-refractivity contribution in [3.63, 3.8) is 0 Å². The molecule has 1 amide bonds. The van der Waals surface area contributed by atoms with Gasteiger partial charge in [-0.1, -0.05) is 29.8 Å². The third-order valence-corrected chi connectivity index (χ3v) is 6.88. The molecule has 2 N–H and O–H groups in total. The second-order valence-corrected chi connectivity index (χ2v) is 9.67. The Hall–Kier alpha value is -3.52. The summed E-state index contributed by atoms with van der Waals surface area (Å²) in [4.78, 5) is 14.7. The lowest BCUT2D eigenvalue weighted by Gasteiger charge is -2.22. The van der Waals surface area contributed by atoms with E-state index in [1.807, 2.05) is 32.0 Å². The van der Waals surface area contributed by atoms with Crippen LogP contribution in [0.1, 0.15) is 30.5 Å². The first-order valence-electron chi connectivity index (χ1n) is 11.2. The normalized spacial score (nSPS) is 11.1. The summed E-state index contributed by atoms with van der Waals surface area (Å²) in [6.45, 7) is 9.94. The van der Waals surface area contributed by atoms with E-state index >= 15 is 0 Å². The van der Waals surface area contributed by atoms with Gasteiger partial charge in [-0.05, 0) is 81.3 Å². The summed E-state index contributed by atoms with van der Waals surface area (Å²) in [6.07, 6.45) is -0.553. The molecule has 0 saturated heterocycles. The molecule has 8 heteroatoms. The number of nitrogens with zero attached hydrogens (tertiary/aromatic N) is 1. The molecule has 0 atom stereocenters. The third-order valence-electron chi connectivity index (χ3n) is 5.48. The Morgan fingerprint density at radius 3 is 2.15 bits per heavy atom. The smallest absolute Gasteiger partial charge is 0.411 e. The molecule has 3 aromatic carbocycles. The van der Waals surface area contributed by atoms with E-state index in [0.29, 0.717) is 11.4 Å². The van der Waals surface area contributed by atoms with E-state index < -0.39 is 16.1 Å². The predicted octanol–water partition coefficient (Wildman–Crippen LogP) is 5.70. The van der Waals surface area contributed by atoms with E-state index in [1.165, 1.54) is 0 Å². The Kier molecular flexibility index (Phi) is 8.17. The molecule has 34 heavy (non-hydrogen) atoms. The van der Waals surface area contributed by atoms with Crippen molar-refractivity contribution in [2.75, 3.05) is 28.0 Å². The van der Waals surface area contributed by atoms with E-state index in [1.54, 1.807) is 48.5 Å². The highest BCUT2D eigenvalue weighted by atomic mass is 32.2. The summed E-state index contributed by atoms with van der Waals surface area (Å²) in [5, 5.41) is 2.78. The van der Waals surface area contributed by atoms with Crippen molar-refractivity contribution in [2.45, 2.75) is 39.2 Å². The van der Waals surface area contributed by atoms with E-state index in [0.717, 1.165) is 35.5 Å². The van der Waals surface area contributed by atoms with Gasteiger partial charge in [-0.3, -0.25) is 10.0 Å². The van der Waals surface area contributed by atoms with Crippen molar-refractivity contribution >= 4 is 33.2 Å². The number of hydrogen-bond donors (Lipinski definition) is 2. The molecule has 0 bridgehead atoms. The average Bonchev–Trinajstić information content (AvgIpc) is 2.81. The van der Waals surface area contributed by atoms with Crippen molar-refractivity contribution < 1.29 is 17.9 Å². The van der Waals surface area contributed by atoms with Crippen molar-refractivity contribution in [2.24, 2.45) is 0 Å². The molecule has 0 heterocycles. The molecule has 0 aliphatic carbocycles. The highest BCUT2D eigenvalue weighted by molar-refractivity contribution is 7.92. The molecule has 0 aliphatic heterocycles. The second-order valence-electron chi connectivity index (χ2n) is 7.99. The number of hydrogen-bond acceptors (Lipinski definition) is 5. The SMILES string of the molecule is CCN(CC)c1ccc(NC(=O)OCc2ccc(NS(=O)(=O)c3ccc(C)cc3)cc2)c(C)c1. The van der Waals surface area contributed by atoms with Crippen LogP contribution in [0.5, 0.6) is 0 Å². The largest absolute Gasteiger partial charge is 0.444 e. The lowest BCUT2D eigenvalue weighted by molar-refractivity contribution is 0.155. The van der Waals surface area contributed by atoms with Gasteiger partial charge in [-0.2, -0.15) is 0 Å². The number of sulfonamides is 1. The maximum atomic E-state index is 12.5. The van der Waals surface area contributed by atoms with Crippen molar-refractivity contribution in [1.29, 1.82) is 0 Å². The Morgan fingerprint density at radius 2 is 1.56 bits per heavy atom. The second kappa shape index (κ2) is 11.1. The number of amides is 1. The van der Waals surface area contributed by atoms with Gasteiger partial charge >= 0.3 is 6.09 Å². The zero-order valence-corrected chi connectivity index (χ0v) is 20.8. The quantitative estimate of drug-likeness (QED) is 0.409. The summed E-state index contributed by atoms with van der Waals surface area (Å²) in [6, 6.07) is 19.2. The summed E-state index contributed by atoms with van der Waals surface area (Å²) in [5.74, 6) is 0. The van der Waals surface area contributed by atoms with Crippen LogP contribution >= 0.6 is 0 Å². The third kappa shape index (κ3) is 6.51. The Bertz CT molecular complexity index is 1220. The number of benzene rings is 3. The highest BCUT2D eigenvalue weighted by Crippen LogP contribution is 2.23. The van der Waals surface area contributed by atoms with Crippen LogP contribution in [0.15, 0.2) is 71.6 Å². The zero-order valence-electron chi connectivity index (χ0n) is 20.0. The average molecular weight is 482 g/mol. The fourth-order valence-electron chi connectivity index (χ4n) is 3.47. The summed E-state index contributed by atoms with van der Waals surface area (Å²) in [7, 11) is -3.67. The van der Waals surface area contributed by atoms with E-state index in [4.69, 9.17) is 4.74 Å². The fourth-order valence-corrected chi connectivity index (χ4v) is 4.53. The van der Waals surface area contributed by atoms with Crippen LogP contribution in [0.2, 0.25) is 0 Å². The molecule has 0 spiro atoms. The topological polar surface area (TPSA) is 87.7 Å². The molecule has 0 saturated carbocycles. The Labute approximate surface area is 201 Å². The minimum absolute atomic E-state index is 0.0629. The molecule has 0 fully saturated rings. The molecule has 0 aromatic heterocycles. The van der Waals surface area contributed by atoms with Crippen LogP contribution in [-0.2, 0) is 21.4 Å². The van der Waals surface area contributed by atoms with Gasteiger partial charge in [0.2, 0.25) is 0 Å². The monoisotopic (exact) mass is 481 g/mol. The van der Waals surface area contributed by atoms with E-state index in [9.17, 15) is 13.2 Å². The minimum Gasteiger partial charge on any atom is -0.444 e. The van der Waals surface area contributed by atoms with Crippen molar-refractivity contribution in [1.82, 2.24) is 0 Å². The van der Waals surface area contributed by atoms with Crippen LogP contribution in [0.4, 0.5) is 21.9 Å². The summed E-state index contributed by atoms with van der Waals surface area (Å²) < 4.78 is 32.9. The molecule has 3 aromatic rings. The van der Waals surface area contributed by atoms with E-state index in [-0.39, 0.29) is 11.5 Å². The lowest BCUT2D eigenvalue weighted by Crippen LogP contribution is -2.22. The number of ether oxygens (including phenoxy) is 1. The molecular weight excluding hydrogens is 450 g/mol. The first-order chi connectivity index (χ1) is 16.2. The number of carbonyl (C=O) groups is 1. The molecule has 0 aliphatic rings. The van der Waals surface area contributed by atoms with Crippen LogP contribution < -0.4 is 14.9 Å². The van der Waals surface area contributed by atoms with Gasteiger partial charge in [0.1, 0.15) is 6.61 Å². The standard InChI is InChI=1S/C26H31N3O4S/c1-5-29(6-2)23-13-16-25(20(4)17-23)27-26(30)33-18-21-9-11-22(12-10-21)28-34(31,32)24-14-7-19(3)8-15-24/h7-17,28H,5-6,18H2,1-4H3,(H,27,30). The van der Waals surface area contributed by atoms with Crippen molar-refractivity contribution in [3.8, 4) is 0 Å². The van der Waals surface area contributed by atoms with Gasteiger partial charge < -0.3 is 9.64 Å². The minimum atomic E-state index is -3.67. The van der Waals surface area contributed by atoms with Crippen LogP contribution in [0, 0.1) is 13.8 Å². The summed E-state index contributed by atoms with van der Waals surface area (Å²) in [5.41, 5.74) is 4.91. The van der Waals surface area contributed by atoms with Gasteiger partial charge in [0.15, 0.2) is 0 Å². The van der Waals surface area contributed by atoms with Crippen LogP contribution in [0.3, 0.4) is 0 Å². The van der Waals surface area contributed by atoms with Gasteiger partial charge in [0.25, 0.3) is 10.0 Å². The zero-order chi connectivity index (χ0) is 24.7. The number of carbonyl (C=O) groups excluding carboxylic acids is 1. The Morgan fingerprint density at radius 1 is 0.912 bits per heavy atom. The van der Waals surface area contributed by atoms with Crippen LogP contribution in [-0.4, -0.2) is 27.6 Å². The van der Waals surface area contributed by atoms with Gasteiger partial charge in [0, 0.05) is 30.2 Å². The fraction of sp³-hybridized carbons (Fsp3) is 0.269. The van der Waals surface area contributed by atoms with Gasteiger partial charge in [-0.25, -0.2) is 13.2 Å².